The van der Waals surface area contributed by atoms with E-state index in [1.54, 1.807) is 29.8 Å². The van der Waals surface area contributed by atoms with E-state index < -0.39 is 47.1 Å². The Hall–Kier alpha value is -2.84. The van der Waals surface area contributed by atoms with Gasteiger partial charge in [-0.15, -0.1) is 16.4 Å². The van der Waals surface area contributed by atoms with Crippen molar-refractivity contribution in [3.05, 3.63) is 17.8 Å². The zero-order valence-electron chi connectivity index (χ0n) is 27.5. The number of methoxy groups -OCH3 is 1. The maximum Gasteiger partial charge on any atom is 0.410 e. The molecule has 0 saturated carbocycles. The van der Waals surface area contributed by atoms with Crippen molar-refractivity contribution >= 4 is 37.0 Å². The van der Waals surface area contributed by atoms with Crippen LogP contribution in [0.5, 0.6) is 0 Å². The number of thiazole rings is 1. The summed E-state index contributed by atoms with van der Waals surface area (Å²) in [6.45, 7) is 13.0. The second kappa shape index (κ2) is 14.7. The minimum absolute atomic E-state index is 0.0164. The number of ether oxygens (including phenoxy) is 3. The van der Waals surface area contributed by atoms with Gasteiger partial charge in [-0.2, -0.15) is 0 Å². The number of nitrogens with one attached hydrogen (secondary N) is 1. The molecule has 0 unspecified atom stereocenters. The summed E-state index contributed by atoms with van der Waals surface area (Å²) < 4.78 is 19.7. The number of hydrogen-bond acceptors (Lipinski definition) is 11. The highest BCUT2D eigenvalue weighted by atomic mass is 32.1. The summed E-state index contributed by atoms with van der Waals surface area (Å²) in [5.74, 6) is -2.44. The molecule has 246 valence electrons. The number of aromatic nitrogens is 4. The lowest BCUT2D eigenvalue weighted by Gasteiger charge is -2.41. The zero-order valence-corrected chi connectivity index (χ0v) is 28.3. The molecule has 0 aromatic carbocycles. The van der Waals surface area contributed by atoms with E-state index in [9.17, 15) is 14.4 Å². The number of fused-ring (bicyclic) bond motifs is 1. The van der Waals surface area contributed by atoms with Crippen molar-refractivity contribution in [2.75, 3.05) is 20.2 Å². The van der Waals surface area contributed by atoms with E-state index in [4.69, 9.17) is 22.1 Å². The lowest BCUT2D eigenvalue weighted by atomic mass is 9.67. The number of rotatable bonds is 8. The van der Waals surface area contributed by atoms with E-state index >= 15 is 0 Å². The van der Waals surface area contributed by atoms with Crippen molar-refractivity contribution in [3.8, 4) is 10.7 Å². The predicted molar refractivity (Wildman–Crippen MR) is 171 cm³/mol. The lowest BCUT2D eigenvalue weighted by molar-refractivity contribution is -0.169. The van der Waals surface area contributed by atoms with E-state index in [1.807, 2.05) is 39.3 Å². The summed E-state index contributed by atoms with van der Waals surface area (Å²) in [5, 5.41) is 14.8. The van der Waals surface area contributed by atoms with Crippen molar-refractivity contribution in [3.63, 3.8) is 0 Å². The number of nitrogens with zero attached hydrogens (tertiary/aromatic N) is 5. The summed E-state index contributed by atoms with van der Waals surface area (Å²) in [6, 6.07) is -0.649. The molecule has 2 aliphatic rings. The molecule has 0 bridgehead atoms. The topological polar surface area (TPSA) is 138 Å². The summed E-state index contributed by atoms with van der Waals surface area (Å²) in [5.41, 5.74) is -1.18. The predicted octanol–water partition coefficient (Wildman–Crippen LogP) is 4.06. The normalized spacial score (nSPS) is 33.7. The number of carbonyl (C=O) groups excluding carboxylic acids is 3. The van der Waals surface area contributed by atoms with Crippen LogP contribution < -0.4 is 5.32 Å². The highest BCUT2D eigenvalue weighted by Crippen LogP contribution is 2.39. The molecular formula is C31H47BN6O6S. The van der Waals surface area contributed by atoms with Crippen molar-refractivity contribution in [1.82, 2.24) is 30.2 Å². The van der Waals surface area contributed by atoms with Crippen LogP contribution in [0.4, 0.5) is 4.79 Å². The maximum atomic E-state index is 13.5. The van der Waals surface area contributed by atoms with Crippen LogP contribution >= 0.6 is 11.3 Å². The second-order valence-electron chi connectivity index (χ2n) is 13.0. The fraction of sp³-hybridized carbons (Fsp3) is 0.742. The molecule has 2 saturated heterocycles. The van der Waals surface area contributed by atoms with E-state index in [-0.39, 0.29) is 24.2 Å². The van der Waals surface area contributed by atoms with Gasteiger partial charge >= 0.3 is 12.1 Å². The Balaban J connectivity index is 1.53. The van der Waals surface area contributed by atoms with E-state index in [0.29, 0.717) is 38.9 Å². The Labute approximate surface area is 271 Å². The summed E-state index contributed by atoms with van der Waals surface area (Å²) in [7, 11) is 8.10. The molecule has 45 heavy (non-hydrogen) atoms. The third-order valence-corrected chi connectivity index (χ3v) is 10.3. The van der Waals surface area contributed by atoms with Crippen molar-refractivity contribution < 1.29 is 28.6 Å². The van der Waals surface area contributed by atoms with Crippen LogP contribution in [0.1, 0.15) is 73.6 Å². The summed E-state index contributed by atoms with van der Waals surface area (Å²) in [6.07, 6.45) is 4.84. The average Bonchev–Trinajstić information content (AvgIpc) is 3.76. The van der Waals surface area contributed by atoms with Gasteiger partial charge in [0, 0.05) is 44.2 Å². The standard InChI is InChI=1S/C31H47BN6O6S/c1-8-25-31(6)26(38(29(41)44-31)13-10-9-12-37-18-22(35-36-37)27-33-11-14-45-27)21(4)34-17-19(2)16-30(5,42-7)24(32)15-23(39)20(3)28(40)43-25/h11,14,18-21,24-26,34H,8-10,12-13,15-17H2,1-7H3/t19-,20-,21-,24-,25-,26-,30+,31-/m1/s1. The number of unbranched alkanes of at least 4 members (excludes halogenated alkanes) is 1. The summed E-state index contributed by atoms with van der Waals surface area (Å²) in [4.78, 5) is 46.0. The first-order valence-corrected chi connectivity index (χ1v) is 16.8. The fourth-order valence-electron chi connectivity index (χ4n) is 6.63. The molecule has 2 radical (unpaired) electrons. The molecule has 4 heterocycles. The van der Waals surface area contributed by atoms with E-state index in [1.165, 1.54) is 11.3 Å². The number of cyclic esters (lactones) is 1. The average molecular weight is 643 g/mol. The van der Waals surface area contributed by atoms with Crippen LogP contribution in [-0.2, 0) is 30.3 Å². The third kappa shape index (κ3) is 7.77. The van der Waals surface area contributed by atoms with E-state index in [2.05, 4.69) is 27.5 Å². The van der Waals surface area contributed by atoms with Gasteiger partial charge in [0.15, 0.2) is 5.60 Å². The molecule has 2 fully saturated rings. The Morgan fingerprint density at radius 1 is 1.18 bits per heavy atom. The van der Waals surface area contributed by atoms with Crippen LogP contribution in [0.15, 0.2) is 17.8 Å². The molecule has 0 spiro atoms. The monoisotopic (exact) mass is 642 g/mol. The van der Waals surface area contributed by atoms with Crippen LogP contribution in [0.3, 0.4) is 0 Å². The van der Waals surface area contributed by atoms with Gasteiger partial charge in [-0.25, -0.2) is 9.78 Å². The van der Waals surface area contributed by atoms with Gasteiger partial charge in [-0.1, -0.05) is 19.1 Å². The summed E-state index contributed by atoms with van der Waals surface area (Å²) >= 11 is 1.51. The van der Waals surface area contributed by atoms with Gasteiger partial charge in [-0.05, 0) is 71.7 Å². The first-order valence-electron chi connectivity index (χ1n) is 15.9. The molecule has 4 rings (SSSR count). The maximum absolute atomic E-state index is 13.5. The fourth-order valence-corrected chi connectivity index (χ4v) is 7.22. The minimum atomic E-state index is -1.15. The van der Waals surface area contributed by atoms with Crippen LogP contribution in [0.25, 0.3) is 10.7 Å². The largest absolute Gasteiger partial charge is 0.458 e. The molecule has 1 amide bonds. The van der Waals surface area contributed by atoms with Crippen molar-refractivity contribution in [1.29, 1.82) is 0 Å². The number of amides is 1. The first-order chi connectivity index (χ1) is 21.3. The number of ketones is 1. The van der Waals surface area contributed by atoms with Gasteiger partial charge < -0.3 is 19.5 Å². The smallest absolute Gasteiger partial charge is 0.410 e. The van der Waals surface area contributed by atoms with E-state index in [0.717, 1.165) is 17.1 Å². The van der Waals surface area contributed by atoms with Gasteiger partial charge in [0.05, 0.1) is 25.7 Å². The number of hydrogen-bond donors (Lipinski definition) is 1. The van der Waals surface area contributed by atoms with Crippen molar-refractivity contribution in [2.45, 2.75) is 115 Å². The Bertz CT molecular complexity index is 1310. The second-order valence-corrected chi connectivity index (χ2v) is 13.9. The highest BCUT2D eigenvalue weighted by Gasteiger charge is 2.58. The Kier molecular flexibility index (Phi) is 11.5. The van der Waals surface area contributed by atoms with Crippen LogP contribution in [0.2, 0.25) is 5.82 Å². The minimum Gasteiger partial charge on any atom is -0.458 e. The van der Waals surface area contributed by atoms with Gasteiger partial charge in [-0.3, -0.25) is 19.2 Å². The molecule has 14 heteroatoms. The molecule has 2 aliphatic heterocycles. The quantitative estimate of drug-likeness (QED) is 0.194. The third-order valence-electron chi connectivity index (χ3n) is 9.48. The van der Waals surface area contributed by atoms with Gasteiger partial charge in [0.1, 0.15) is 28.5 Å². The molecule has 2 aromatic rings. The number of Topliss-reactive ketones (excluding diaryl/α,β-unsaturated/α-hetero) is 1. The molecule has 1 N–H and O–H groups in total. The SMILES string of the molecule is [B][C@@H]1CC(=O)[C@@H](C)C(=O)O[C@H](CC)[C@@]2(C)OC(=O)N(CCCCn3cc(-c4nccs4)nn3)[C@@H]2[C@@H](C)NC[C@H](C)C[C@]1(C)OC. The molecule has 2 aromatic heterocycles. The highest BCUT2D eigenvalue weighted by molar-refractivity contribution is 7.13. The number of aryl methyl sites for hydroxylation is 1. The molecule has 12 nitrogen and oxygen atoms in total. The molecule has 0 aliphatic carbocycles. The Morgan fingerprint density at radius 3 is 2.58 bits per heavy atom. The van der Waals surface area contributed by atoms with Gasteiger partial charge in [0.25, 0.3) is 0 Å². The first kappa shape index (κ1) is 35.0. The van der Waals surface area contributed by atoms with Crippen molar-refractivity contribution in [2.24, 2.45) is 11.8 Å². The molecular weight excluding hydrogens is 595 g/mol. The van der Waals surface area contributed by atoms with Crippen LogP contribution in [-0.4, -0.2) is 100 Å². The molecule has 8 atom stereocenters. The number of esters is 1. The lowest BCUT2D eigenvalue weighted by Crippen LogP contribution is -2.60. The zero-order chi connectivity index (χ0) is 32.9. The number of carbonyl (C=O) groups is 3. The Morgan fingerprint density at radius 2 is 1.91 bits per heavy atom. The van der Waals surface area contributed by atoms with Crippen LogP contribution in [0, 0.1) is 11.8 Å². The van der Waals surface area contributed by atoms with Gasteiger partial charge in [0.2, 0.25) is 0 Å².